The van der Waals surface area contributed by atoms with Gasteiger partial charge in [-0.3, -0.25) is 0 Å². The number of hydrogen-bond acceptors (Lipinski definition) is 2. The molecule has 3 heteroatoms. The van der Waals surface area contributed by atoms with Gasteiger partial charge in [0.15, 0.2) is 0 Å². The topological polar surface area (TPSA) is 29.3 Å². The average Bonchev–Trinajstić information content (AvgIpc) is 2.33. The zero-order chi connectivity index (χ0) is 14.2. The fourth-order valence-corrected chi connectivity index (χ4v) is 3.85. The monoisotopic (exact) mass is 324 g/mol. The third kappa shape index (κ3) is 3.14. The highest BCUT2D eigenvalue weighted by molar-refractivity contribution is 9.10. The van der Waals surface area contributed by atoms with Gasteiger partial charge in [-0.25, -0.2) is 0 Å². The fourth-order valence-electron chi connectivity index (χ4n) is 3.12. The largest absolute Gasteiger partial charge is 0.368 e. The number of nitrogens with zero attached hydrogens (tertiary/aromatic N) is 1. The van der Waals surface area contributed by atoms with Crippen molar-refractivity contribution >= 4 is 21.6 Å². The molecule has 106 valence electrons. The first-order valence-corrected chi connectivity index (χ1v) is 8.01. The van der Waals surface area contributed by atoms with E-state index in [-0.39, 0.29) is 6.04 Å². The van der Waals surface area contributed by atoms with E-state index in [0.29, 0.717) is 6.04 Å². The third-order valence-corrected chi connectivity index (χ3v) is 5.09. The Hall–Kier alpha value is -0.540. The van der Waals surface area contributed by atoms with Gasteiger partial charge in [-0.05, 0) is 49.8 Å². The van der Waals surface area contributed by atoms with E-state index >= 15 is 0 Å². The molecule has 4 atom stereocenters. The summed E-state index contributed by atoms with van der Waals surface area (Å²) in [5.41, 5.74) is 8.45. The molecule has 2 N–H and O–H groups in total. The lowest BCUT2D eigenvalue weighted by Gasteiger charge is -2.42. The summed E-state index contributed by atoms with van der Waals surface area (Å²) in [7, 11) is 0. The molecule has 2 nitrogen and oxygen atoms in total. The van der Waals surface area contributed by atoms with Crippen LogP contribution in [0.25, 0.3) is 0 Å². The zero-order valence-corrected chi connectivity index (χ0v) is 13.9. The van der Waals surface area contributed by atoms with Gasteiger partial charge in [0.1, 0.15) is 0 Å². The van der Waals surface area contributed by atoms with Crippen molar-refractivity contribution < 1.29 is 0 Å². The third-order valence-electron chi connectivity index (χ3n) is 4.40. The number of hydrogen-bond donors (Lipinski definition) is 1. The SMILES string of the molecule is CC1CC(C)C(C)N(c2ccc([C@@H](C)N)c(Br)c2)C1. The van der Waals surface area contributed by atoms with E-state index in [9.17, 15) is 0 Å². The van der Waals surface area contributed by atoms with Gasteiger partial charge in [-0.1, -0.05) is 35.8 Å². The minimum absolute atomic E-state index is 0.0695. The Bertz CT molecular complexity index is 444. The molecule has 0 aromatic heterocycles. The molecule has 1 aliphatic rings. The molecule has 0 radical (unpaired) electrons. The molecule has 0 aliphatic carbocycles. The van der Waals surface area contributed by atoms with E-state index in [1.807, 2.05) is 6.92 Å². The van der Waals surface area contributed by atoms with E-state index in [4.69, 9.17) is 5.73 Å². The molecule has 0 amide bonds. The van der Waals surface area contributed by atoms with Gasteiger partial charge in [0, 0.05) is 28.8 Å². The Morgan fingerprint density at radius 3 is 2.58 bits per heavy atom. The minimum Gasteiger partial charge on any atom is -0.368 e. The van der Waals surface area contributed by atoms with Gasteiger partial charge < -0.3 is 10.6 Å². The summed E-state index contributed by atoms with van der Waals surface area (Å²) in [6.45, 7) is 10.2. The second-order valence-corrected chi connectivity index (χ2v) is 7.06. The Morgan fingerprint density at radius 1 is 1.32 bits per heavy atom. The van der Waals surface area contributed by atoms with Crippen molar-refractivity contribution in [1.29, 1.82) is 0 Å². The number of piperidine rings is 1. The summed E-state index contributed by atoms with van der Waals surface area (Å²) >= 11 is 3.66. The molecular formula is C16H25BrN2. The lowest BCUT2D eigenvalue weighted by Crippen LogP contribution is -2.45. The van der Waals surface area contributed by atoms with Crippen molar-refractivity contribution in [3.05, 3.63) is 28.2 Å². The summed E-state index contributed by atoms with van der Waals surface area (Å²) in [6, 6.07) is 7.26. The van der Waals surface area contributed by atoms with Gasteiger partial charge in [0.05, 0.1) is 0 Å². The Kier molecular flexibility index (Phi) is 4.57. The van der Waals surface area contributed by atoms with Crippen molar-refractivity contribution in [2.75, 3.05) is 11.4 Å². The molecule has 0 bridgehead atoms. The van der Waals surface area contributed by atoms with E-state index < -0.39 is 0 Å². The van der Waals surface area contributed by atoms with Crippen molar-refractivity contribution in [2.24, 2.45) is 17.6 Å². The van der Waals surface area contributed by atoms with Crippen LogP contribution < -0.4 is 10.6 Å². The van der Waals surface area contributed by atoms with Crippen LogP contribution in [-0.4, -0.2) is 12.6 Å². The molecule has 1 aromatic rings. The van der Waals surface area contributed by atoms with Crippen LogP contribution in [-0.2, 0) is 0 Å². The highest BCUT2D eigenvalue weighted by atomic mass is 79.9. The van der Waals surface area contributed by atoms with Crippen molar-refractivity contribution in [1.82, 2.24) is 0 Å². The maximum Gasteiger partial charge on any atom is 0.0380 e. The fraction of sp³-hybridized carbons (Fsp3) is 0.625. The molecule has 19 heavy (non-hydrogen) atoms. The van der Waals surface area contributed by atoms with Crippen LogP contribution in [0.4, 0.5) is 5.69 Å². The molecule has 1 saturated heterocycles. The van der Waals surface area contributed by atoms with Crippen molar-refractivity contribution in [2.45, 2.75) is 46.2 Å². The maximum atomic E-state index is 5.97. The van der Waals surface area contributed by atoms with Crippen LogP contribution in [0.1, 0.15) is 45.7 Å². The van der Waals surface area contributed by atoms with E-state index in [1.165, 1.54) is 17.7 Å². The van der Waals surface area contributed by atoms with Crippen molar-refractivity contribution in [3.8, 4) is 0 Å². The Morgan fingerprint density at radius 2 is 2.00 bits per heavy atom. The zero-order valence-electron chi connectivity index (χ0n) is 12.4. The molecule has 1 heterocycles. The predicted molar refractivity (Wildman–Crippen MR) is 86.5 cm³/mol. The van der Waals surface area contributed by atoms with Crippen LogP contribution in [0.2, 0.25) is 0 Å². The number of nitrogens with two attached hydrogens (primary N) is 1. The number of rotatable bonds is 2. The summed E-state index contributed by atoms with van der Waals surface area (Å²) < 4.78 is 1.12. The van der Waals surface area contributed by atoms with E-state index in [1.54, 1.807) is 0 Å². The molecule has 3 unspecified atom stereocenters. The van der Waals surface area contributed by atoms with Crippen LogP contribution in [0.5, 0.6) is 0 Å². The standard InChI is InChI=1S/C16H25BrN2/c1-10-7-11(2)13(4)19(9-10)14-5-6-15(12(3)18)16(17)8-14/h5-6,8,10-13H,7,9,18H2,1-4H3/t10?,11?,12-,13?/m1/s1. The van der Waals surface area contributed by atoms with E-state index in [0.717, 1.165) is 22.9 Å². The molecule has 1 aliphatic heterocycles. The van der Waals surface area contributed by atoms with E-state index in [2.05, 4.69) is 59.8 Å². The molecule has 0 spiro atoms. The van der Waals surface area contributed by atoms with Crippen LogP contribution in [0, 0.1) is 11.8 Å². The molecular weight excluding hydrogens is 300 g/mol. The maximum absolute atomic E-state index is 5.97. The number of anilines is 1. The van der Waals surface area contributed by atoms with Gasteiger partial charge in [0.25, 0.3) is 0 Å². The molecule has 2 rings (SSSR count). The number of halogens is 1. The summed E-state index contributed by atoms with van der Waals surface area (Å²) in [5, 5.41) is 0. The lowest BCUT2D eigenvalue weighted by atomic mass is 9.85. The number of benzene rings is 1. The predicted octanol–water partition coefficient (Wildman–Crippen LogP) is 4.34. The highest BCUT2D eigenvalue weighted by Gasteiger charge is 2.29. The van der Waals surface area contributed by atoms with Gasteiger partial charge >= 0.3 is 0 Å². The summed E-state index contributed by atoms with van der Waals surface area (Å²) in [6.07, 6.45) is 1.33. The quantitative estimate of drug-likeness (QED) is 0.876. The molecule has 1 fully saturated rings. The van der Waals surface area contributed by atoms with Crippen LogP contribution in [0.15, 0.2) is 22.7 Å². The van der Waals surface area contributed by atoms with Crippen molar-refractivity contribution in [3.63, 3.8) is 0 Å². The normalized spacial score (nSPS) is 29.4. The smallest absolute Gasteiger partial charge is 0.0380 e. The molecule has 0 saturated carbocycles. The first-order valence-electron chi connectivity index (χ1n) is 7.21. The lowest BCUT2D eigenvalue weighted by molar-refractivity contribution is 0.297. The average molecular weight is 325 g/mol. The van der Waals surface area contributed by atoms with Crippen LogP contribution in [0.3, 0.4) is 0 Å². The summed E-state index contributed by atoms with van der Waals surface area (Å²) in [5.74, 6) is 1.51. The van der Waals surface area contributed by atoms with Crippen LogP contribution >= 0.6 is 15.9 Å². The first kappa shape index (κ1) is 14.9. The molecule has 1 aromatic carbocycles. The highest BCUT2D eigenvalue weighted by Crippen LogP contribution is 2.34. The Labute approximate surface area is 125 Å². The minimum atomic E-state index is 0.0695. The van der Waals surface area contributed by atoms with Gasteiger partial charge in [0.2, 0.25) is 0 Å². The van der Waals surface area contributed by atoms with Gasteiger partial charge in [-0.15, -0.1) is 0 Å². The summed E-state index contributed by atoms with van der Waals surface area (Å²) in [4.78, 5) is 2.54. The van der Waals surface area contributed by atoms with Gasteiger partial charge in [-0.2, -0.15) is 0 Å². The second-order valence-electron chi connectivity index (χ2n) is 6.21. The Balaban J connectivity index is 2.28. The second kappa shape index (κ2) is 5.84. The first-order chi connectivity index (χ1) is 8.90.